The highest BCUT2D eigenvalue weighted by Gasteiger charge is 2.12. The van der Waals surface area contributed by atoms with Crippen molar-refractivity contribution in [2.75, 3.05) is 0 Å². The van der Waals surface area contributed by atoms with Gasteiger partial charge in [0.2, 0.25) is 0 Å². The average molecular weight is 203 g/mol. The maximum absolute atomic E-state index is 10.7. The third kappa shape index (κ3) is 1.71. The van der Waals surface area contributed by atoms with Crippen molar-refractivity contribution in [3.8, 4) is 5.69 Å². The molecule has 5 heteroatoms. The SMILES string of the molecule is Cc1nc(C(=O)O)nn1-c1ccccc1. The summed E-state index contributed by atoms with van der Waals surface area (Å²) in [6.45, 7) is 1.71. The quantitative estimate of drug-likeness (QED) is 0.798. The molecule has 0 amide bonds. The number of carboxylic acid groups (broad SMARTS) is 1. The van der Waals surface area contributed by atoms with Crippen LogP contribution in [0, 0.1) is 6.92 Å². The molecule has 0 aliphatic carbocycles. The molecule has 0 atom stereocenters. The van der Waals surface area contributed by atoms with E-state index in [-0.39, 0.29) is 5.82 Å². The fourth-order valence-electron chi connectivity index (χ4n) is 1.29. The molecule has 1 N–H and O–H groups in total. The van der Waals surface area contributed by atoms with Crippen molar-refractivity contribution in [2.24, 2.45) is 0 Å². The van der Waals surface area contributed by atoms with Crippen LogP contribution in [0.1, 0.15) is 16.4 Å². The standard InChI is InChI=1S/C10H9N3O2/c1-7-11-9(10(14)15)12-13(7)8-5-3-2-4-6-8/h2-6H,1H3,(H,14,15). The monoisotopic (exact) mass is 203 g/mol. The van der Waals surface area contributed by atoms with Crippen LogP contribution in [0.5, 0.6) is 0 Å². The van der Waals surface area contributed by atoms with Crippen LogP contribution in [0.25, 0.3) is 5.69 Å². The normalized spacial score (nSPS) is 10.2. The molecule has 5 nitrogen and oxygen atoms in total. The van der Waals surface area contributed by atoms with Crippen LogP contribution in [0.2, 0.25) is 0 Å². The maximum Gasteiger partial charge on any atom is 0.375 e. The molecule has 0 spiro atoms. The summed E-state index contributed by atoms with van der Waals surface area (Å²) < 4.78 is 1.50. The number of benzene rings is 1. The summed E-state index contributed by atoms with van der Waals surface area (Å²) in [5, 5.41) is 12.6. The van der Waals surface area contributed by atoms with E-state index in [1.54, 1.807) is 6.92 Å². The van der Waals surface area contributed by atoms with Gasteiger partial charge >= 0.3 is 5.97 Å². The third-order valence-electron chi connectivity index (χ3n) is 1.96. The highest BCUT2D eigenvalue weighted by atomic mass is 16.4. The van der Waals surface area contributed by atoms with Gasteiger partial charge in [0.15, 0.2) is 0 Å². The smallest absolute Gasteiger partial charge is 0.375 e. The van der Waals surface area contributed by atoms with Crippen molar-refractivity contribution >= 4 is 5.97 Å². The second-order valence-corrected chi connectivity index (χ2v) is 3.04. The van der Waals surface area contributed by atoms with Gasteiger partial charge in [-0.1, -0.05) is 18.2 Å². The molecule has 2 aromatic rings. The molecule has 2 rings (SSSR count). The molecule has 0 saturated carbocycles. The Kier molecular flexibility index (Phi) is 2.21. The Morgan fingerprint density at radius 1 is 1.33 bits per heavy atom. The number of hydrogen-bond donors (Lipinski definition) is 1. The highest BCUT2D eigenvalue weighted by molar-refractivity contribution is 5.83. The first-order valence-corrected chi connectivity index (χ1v) is 4.41. The topological polar surface area (TPSA) is 68.0 Å². The predicted octanol–water partition coefficient (Wildman–Crippen LogP) is 1.27. The van der Waals surface area contributed by atoms with Crippen molar-refractivity contribution in [1.29, 1.82) is 0 Å². The van der Waals surface area contributed by atoms with Gasteiger partial charge in [0.25, 0.3) is 5.82 Å². The molecule has 76 valence electrons. The van der Waals surface area contributed by atoms with Gasteiger partial charge in [0, 0.05) is 0 Å². The number of carbonyl (C=O) groups is 1. The molecular weight excluding hydrogens is 194 g/mol. The lowest BCUT2D eigenvalue weighted by atomic mass is 10.3. The number of carboxylic acids is 1. The van der Waals surface area contributed by atoms with E-state index in [9.17, 15) is 4.79 Å². The molecule has 0 fully saturated rings. The van der Waals surface area contributed by atoms with Crippen LogP contribution in [-0.4, -0.2) is 25.8 Å². The van der Waals surface area contributed by atoms with Crippen molar-refractivity contribution in [1.82, 2.24) is 14.8 Å². The summed E-state index contributed by atoms with van der Waals surface area (Å²) in [4.78, 5) is 14.5. The van der Waals surface area contributed by atoms with E-state index < -0.39 is 5.97 Å². The Labute approximate surface area is 86.0 Å². The summed E-state index contributed by atoms with van der Waals surface area (Å²) in [6, 6.07) is 9.28. The van der Waals surface area contributed by atoms with Gasteiger partial charge in [-0.2, -0.15) is 0 Å². The van der Waals surface area contributed by atoms with Crippen LogP contribution < -0.4 is 0 Å². The zero-order valence-corrected chi connectivity index (χ0v) is 8.08. The number of aryl methyl sites for hydroxylation is 1. The van der Waals surface area contributed by atoms with Crippen molar-refractivity contribution in [3.63, 3.8) is 0 Å². The zero-order valence-electron chi connectivity index (χ0n) is 8.08. The lowest BCUT2D eigenvalue weighted by molar-refractivity contribution is 0.0683. The summed E-state index contributed by atoms with van der Waals surface area (Å²) in [7, 11) is 0. The minimum Gasteiger partial charge on any atom is -0.475 e. The molecule has 0 bridgehead atoms. The van der Waals surface area contributed by atoms with Gasteiger partial charge in [-0.05, 0) is 19.1 Å². The highest BCUT2D eigenvalue weighted by Crippen LogP contribution is 2.08. The molecule has 0 aliphatic heterocycles. The number of rotatable bonds is 2. The summed E-state index contributed by atoms with van der Waals surface area (Å²) >= 11 is 0. The van der Waals surface area contributed by atoms with Crippen LogP contribution in [0.3, 0.4) is 0 Å². The first-order valence-electron chi connectivity index (χ1n) is 4.41. The predicted molar refractivity (Wildman–Crippen MR) is 53.1 cm³/mol. The lowest BCUT2D eigenvalue weighted by Crippen LogP contribution is -2.02. The Morgan fingerprint density at radius 2 is 2.00 bits per heavy atom. The number of aromatic nitrogens is 3. The minimum absolute atomic E-state index is 0.184. The van der Waals surface area contributed by atoms with E-state index in [0.717, 1.165) is 5.69 Å². The van der Waals surface area contributed by atoms with Gasteiger partial charge in [-0.25, -0.2) is 14.5 Å². The van der Waals surface area contributed by atoms with E-state index in [0.29, 0.717) is 5.82 Å². The van der Waals surface area contributed by atoms with E-state index in [2.05, 4.69) is 10.1 Å². The van der Waals surface area contributed by atoms with Crippen molar-refractivity contribution < 1.29 is 9.90 Å². The molecule has 0 unspecified atom stereocenters. The fraction of sp³-hybridized carbons (Fsp3) is 0.100. The van der Waals surface area contributed by atoms with Gasteiger partial charge in [-0.3, -0.25) is 0 Å². The van der Waals surface area contributed by atoms with Gasteiger partial charge < -0.3 is 5.11 Å². The molecule has 15 heavy (non-hydrogen) atoms. The average Bonchev–Trinajstić information content (AvgIpc) is 2.62. The lowest BCUT2D eigenvalue weighted by Gasteiger charge is -2.00. The van der Waals surface area contributed by atoms with E-state index in [4.69, 9.17) is 5.11 Å². The molecule has 0 aliphatic rings. The molecule has 1 aromatic carbocycles. The molecule has 1 heterocycles. The number of aromatic carboxylic acids is 1. The second-order valence-electron chi connectivity index (χ2n) is 3.04. The number of hydrogen-bond acceptors (Lipinski definition) is 3. The fourth-order valence-corrected chi connectivity index (χ4v) is 1.29. The molecule has 0 radical (unpaired) electrons. The van der Waals surface area contributed by atoms with Crippen molar-refractivity contribution in [3.05, 3.63) is 42.0 Å². The number of nitrogens with zero attached hydrogens (tertiary/aromatic N) is 3. The van der Waals surface area contributed by atoms with Crippen LogP contribution in [0.4, 0.5) is 0 Å². The number of para-hydroxylation sites is 1. The van der Waals surface area contributed by atoms with E-state index >= 15 is 0 Å². The molecule has 1 aromatic heterocycles. The Bertz CT molecular complexity index is 491. The Hall–Kier alpha value is -2.17. The van der Waals surface area contributed by atoms with Gasteiger partial charge in [0.05, 0.1) is 5.69 Å². The van der Waals surface area contributed by atoms with Crippen molar-refractivity contribution in [2.45, 2.75) is 6.92 Å². The maximum atomic E-state index is 10.7. The largest absolute Gasteiger partial charge is 0.475 e. The van der Waals surface area contributed by atoms with Gasteiger partial charge in [-0.15, -0.1) is 5.10 Å². The van der Waals surface area contributed by atoms with Crippen LogP contribution >= 0.6 is 0 Å². The Balaban J connectivity index is 2.50. The van der Waals surface area contributed by atoms with Crippen LogP contribution in [-0.2, 0) is 0 Å². The molecule has 0 saturated heterocycles. The second kappa shape index (κ2) is 3.53. The van der Waals surface area contributed by atoms with E-state index in [1.165, 1.54) is 4.68 Å². The third-order valence-corrected chi connectivity index (χ3v) is 1.96. The zero-order chi connectivity index (χ0) is 10.8. The minimum atomic E-state index is -1.12. The first kappa shape index (κ1) is 9.39. The summed E-state index contributed by atoms with van der Waals surface area (Å²) in [5.41, 5.74) is 0.801. The van der Waals surface area contributed by atoms with Gasteiger partial charge in [0.1, 0.15) is 5.82 Å². The summed E-state index contributed by atoms with van der Waals surface area (Å²) in [5.74, 6) is -0.747. The van der Waals surface area contributed by atoms with Crippen LogP contribution in [0.15, 0.2) is 30.3 Å². The van der Waals surface area contributed by atoms with E-state index in [1.807, 2.05) is 30.3 Å². The first-order chi connectivity index (χ1) is 7.18. The Morgan fingerprint density at radius 3 is 2.53 bits per heavy atom. The summed E-state index contributed by atoms with van der Waals surface area (Å²) in [6.07, 6.45) is 0. The molecular formula is C10H9N3O2.